The Labute approximate surface area is 234 Å². The van der Waals surface area contributed by atoms with Gasteiger partial charge in [0.2, 0.25) is 17.8 Å². The first-order chi connectivity index (χ1) is 19.1. The summed E-state index contributed by atoms with van der Waals surface area (Å²) in [6.07, 6.45) is 1.91. The van der Waals surface area contributed by atoms with Crippen molar-refractivity contribution >= 4 is 16.0 Å². The van der Waals surface area contributed by atoms with Crippen molar-refractivity contribution in [1.82, 2.24) is 14.9 Å². The van der Waals surface area contributed by atoms with Crippen LogP contribution in [-0.4, -0.2) is 54.4 Å². The van der Waals surface area contributed by atoms with Gasteiger partial charge in [-0.1, -0.05) is 30.3 Å². The maximum Gasteiger partial charge on any atom is 0.264 e. The number of anilines is 1. The highest BCUT2D eigenvalue weighted by molar-refractivity contribution is 7.92. The third-order valence-electron chi connectivity index (χ3n) is 8.55. The minimum absolute atomic E-state index is 0.0500. The van der Waals surface area contributed by atoms with Gasteiger partial charge in [-0.15, -0.1) is 0 Å². The van der Waals surface area contributed by atoms with E-state index >= 15 is 0 Å². The lowest BCUT2D eigenvalue weighted by molar-refractivity contribution is -0.0557. The van der Waals surface area contributed by atoms with E-state index in [0.717, 1.165) is 35.2 Å². The van der Waals surface area contributed by atoms with Gasteiger partial charge in [0.1, 0.15) is 6.10 Å². The Balaban J connectivity index is 1.43. The zero-order valence-corrected chi connectivity index (χ0v) is 23.6. The molecular formula is C30H34F2N4O3S. The Morgan fingerprint density at radius 2 is 1.73 bits per heavy atom. The molecule has 6 bridgehead atoms. The number of ether oxygens (including phenoxy) is 1. The van der Waals surface area contributed by atoms with Crippen LogP contribution in [0.1, 0.15) is 61.1 Å². The summed E-state index contributed by atoms with van der Waals surface area (Å²) in [5.74, 6) is -2.31. The molecule has 6 rings (SSSR count). The molecule has 2 fully saturated rings. The molecule has 2 atom stereocenters. The second kappa shape index (κ2) is 10.4. The monoisotopic (exact) mass is 568 g/mol. The third-order valence-corrected chi connectivity index (χ3v) is 9.87. The molecule has 1 aromatic heterocycles. The molecule has 10 heteroatoms. The Morgan fingerprint density at radius 3 is 2.48 bits per heavy atom. The predicted octanol–water partition coefficient (Wildman–Crippen LogP) is 6.08. The van der Waals surface area contributed by atoms with E-state index in [1.165, 1.54) is 0 Å². The van der Waals surface area contributed by atoms with E-state index in [9.17, 15) is 17.2 Å². The number of hydrogen-bond acceptors (Lipinski definition) is 6. The summed E-state index contributed by atoms with van der Waals surface area (Å²) in [7, 11) is -3.95. The van der Waals surface area contributed by atoms with Crippen LogP contribution < -0.4 is 9.46 Å². The number of fused-ring (bicyclic) bond motifs is 7. The van der Waals surface area contributed by atoms with Crippen molar-refractivity contribution in [2.75, 3.05) is 17.8 Å². The zero-order valence-electron chi connectivity index (χ0n) is 22.7. The Kier molecular flexibility index (Phi) is 7.02. The molecule has 1 saturated heterocycles. The fourth-order valence-electron chi connectivity index (χ4n) is 6.46. The SMILES string of the molecule is Cc1cccc(C)c1-c1cc2nc(n1)NS(=O)(=O)c1cccc(c1)C1CCN(C3CCC(F)(F)CC3)C[C@H](C1)O2. The minimum atomic E-state index is -3.95. The fourth-order valence-corrected chi connectivity index (χ4v) is 7.46. The minimum Gasteiger partial charge on any atom is -0.473 e. The highest BCUT2D eigenvalue weighted by atomic mass is 32.2. The maximum atomic E-state index is 13.9. The molecule has 0 amide bonds. The number of likely N-dealkylation sites (tertiary alicyclic amines) is 1. The first-order valence-corrected chi connectivity index (χ1v) is 15.4. The average molecular weight is 569 g/mol. The highest BCUT2D eigenvalue weighted by Crippen LogP contribution is 2.39. The lowest BCUT2D eigenvalue weighted by Crippen LogP contribution is -2.44. The van der Waals surface area contributed by atoms with E-state index in [2.05, 4.69) is 19.6 Å². The van der Waals surface area contributed by atoms with E-state index in [-0.39, 0.29) is 47.6 Å². The molecule has 0 spiro atoms. The van der Waals surface area contributed by atoms with Gasteiger partial charge in [-0.3, -0.25) is 4.90 Å². The van der Waals surface area contributed by atoms with E-state index in [1.54, 1.807) is 24.3 Å². The van der Waals surface area contributed by atoms with Gasteiger partial charge in [0.25, 0.3) is 10.0 Å². The van der Waals surface area contributed by atoms with Crippen LogP contribution in [0.2, 0.25) is 0 Å². The van der Waals surface area contributed by atoms with Crippen LogP contribution in [0.15, 0.2) is 53.4 Å². The van der Waals surface area contributed by atoms with Crippen LogP contribution >= 0.6 is 0 Å². The first kappa shape index (κ1) is 27.1. The second-order valence-electron chi connectivity index (χ2n) is 11.4. The molecule has 1 N–H and O–H groups in total. The number of rotatable bonds is 2. The van der Waals surface area contributed by atoms with Crippen molar-refractivity contribution in [3.05, 3.63) is 65.2 Å². The summed E-state index contributed by atoms with van der Waals surface area (Å²) in [5, 5.41) is 0. The van der Waals surface area contributed by atoms with Crippen molar-refractivity contribution in [3.63, 3.8) is 0 Å². The zero-order chi connectivity index (χ0) is 28.1. The molecule has 40 heavy (non-hydrogen) atoms. The van der Waals surface area contributed by atoms with E-state index in [1.807, 2.05) is 38.1 Å². The Hall–Kier alpha value is -3.11. The van der Waals surface area contributed by atoms with Gasteiger partial charge >= 0.3 is 0 Å². The van der Waals surface area contributed by atoms with Crippen LogP contribution in [0.25, 0.3) is 11.3 Å². The predicted molar refractivity (Wildman–Crippen MR) is 149 cm³/mol. The summed E-state index contributed by atoms with van der Waals surface area (Å²) >= 11 is 0. The summed E-state index contributed by atoms with van der Waals surface area (Å²) in [6, 6.07) is 14.8. The molecule has 212 valence electrons. The van der Waals surface area contributed by atoms with Gasteiger partial charge < -0.3 is 4.74 Å². The molecule has 1 saturated carbocycles. The maximum absolute atomic E-state index is 13.9. The molecule has 1 aliphatic carbocycles. The van der Waals surface area contributed by atoms with Crippen LogP contribution in [0.3, 0.4) is 0 Å². The third kappa shape index (κ3) is 5.56. The molecule has 7 nitrogen and oxygen atoms in total. The van der Waals surface area contributed by atoms with Crippen molar-refractivity contribution in [3.8, 4) is 17.1 Å². The number of aryl methyl sites for hydroxylation is 2. The number of alkyl halides is 2. The molecule has 3 aliphatic rings. The number of nitrogens with one attached hydrogen (secondary N) is 1. The van der Waals surface area contributed by atoms with Gasteiger partial charge in [0.15, 0.2) is 0 Å². The lowest BCUT2D eigenvalue weighted by atomic mass is 9.90. The summed E-state index contributed by atoms with van der Waals surface area (Å²) in [6.45, 7) is 5.30. The van der Waals surface area contributed by atoms with Crippen LogP contribution in [0.5, 0.6) is 5.88 Å². The number of benzene rings is 2. The van der Waals surface area contributed by atoms with E-state index in [4.69, 9.17) is 4.74 Å². The van der Waals surface area contributed by atoms with E-state index < -0.39 is 15.9 Å². The van der Waals surface area contributed by atoms with Crippen molar-refractivity contribution in [2.24, 2.45) is 0 Å². The van der Waals surface area contributed by atoms with Gasteiger partial charge in [-0.25, -0.2) is 26.9 Å². The van der Waals surface area contributed by atoms with Crippen LogP contribution in [-0.2, 0) is 10.0 Å². The van der Waals surface area contributed by atoms with Crippen LogP contribution in [0.4, 0.5) is 14.7 Å². The quantitative estimate of drug-likeness (QED) is 0.404. The van der Waals surface area contributed by atoms with Crippen molar-refractivity contribution < 1.29 is 21.9 Å². The number of aromatic nitrogens is 2. The average Bonchev–Trinajstić information content (AvgIpc) is 3.10. The smallest absolute Gasteiger partial charge is 0.264 e. The lowest BCUT2D eigenvalue weighted by Gasteiger charge is -2.37. The standard InChI is InChI=1S/C30H34F2N4O3S/c1-19-5-3-6-20(2)28(19)26-17-27-34-29(33-26)35-40(37,38)25-8-4-7-21(16-25)22-11-14-36(18-24(15-22)39-27)23-9-12-30(31,32)13-10-23/h3-8,16-17,22-24H,9-15,18H2,1-2H3,(H,33,34,35)/t22?,24-/m0/s1. The fraction of sp³-hybridized carbons (Fsp3) is 0.467. The topological polar surface area (TPSA) is 84.4 Å². The van der Waals surface area contributed by atoms with Gasteiger partial charge in [0.05, 0.1) is 10.6 Å². The molecule has 1 unspecified atom stereocenters. The molecular weight excluding hydrogens is 534 g/mol. The highest BCUT2D eigenvalue weighted by Gasteiger charge is 2.39. The van der Waals surface area contributed by atoms with Gasteiger partial charge in [-0.05, 0) is 80.8 Å². The van der Waals surface area contributed by atoms with Gasteiger partial charge in [-0.2, -0.15) is 4.98 Å². The first-order valence-electron chi connectivity index (χ1n) is 13.9. The summed E-state index contributed by atoms with van der Waals surface area (Å²) < 4.78 is 63.8. The Morgan fingerprint density at radius 1 is 1.00 bits per heavy atom. The normalized spacial score (nSPS) is 24.5. The summed E-state index contributed by atoms with van der Waals surface area (Å²) in [4.78, 5) is 11.5. The van der Waals surface area contributed by atoms with Crippen LogP contribution in [0, 0.1) is 13.8 Å². The number of halogens is 2. The molecule has 2 aromatic carbocycles. The molecule has 0 radical (unpaired) electrons. The second-order valence-corrected chi connectivity index (χ2v) is 13.1. The van der Waals surface area contributed by atoms with Crippen molar-refractivity contribution in [1.29, 1.82) is 0 Å². The molecule has 3 aromatic rings. The molecule has 2 aliphatic heterocycles. The number of nitrogens with zero attached hydrogens (tertiary/aromatic N) is 3. The summed E-state index contributed by atoms with van der Waals surface area (Å²) in [5.41, 5.74) is 4.40. The number of sulfonamides is 1. The van der Waals surface area contributed by atoms with Gasteiger partial charge in [0, 0.05) is 37.1 Å². The largest absolute Gasteiger partial charge is 0.473 e. The van der Waals surface area contributed by atoms with E-state index in [0.29, 0.717) is 31.5 Å². The number of hydrogen-bond donors (Lipinski definition) is 1. The van der Waals surface area contributed by atoms with Crippen molar-refractivity contribution in [2.45, 2.75) is 81.3 Å². The molecule has 3 heterocycles. The Bertz CT molecular complexity index is 1500.